The van der Waals surface area contributed by atoms with Crippen LogP contribution in [0.15, 0.2) is 36.5 Å². The molecule has 0 aliphatic carbocycles. The number of pyridine rings is 1. The van der Waals surface area contributed by atoms with Gasteiger partial charge in [-0.3, -0.25) is 4.98 Å². The number of ether oxygens (including phenoxy) is 2. The molecular weight excluding hydrogens is 285 g/mol. The highest BCUT2D eigenvalue weighted by Crippen LogP contribution is 2.35. The Bertz CT molecular complexity index is 653. The SMILES string of the molecule is CCOC(=O)Oc1c(-c2ccc(F)cc2)ccnc1C(C)C. The van der Waals surface area contributed by atoms with E-state index in [4.69, 9.17) is 9.47 Å². The average Bonchev–Trinajstić information content (AvgIpc) is 2.48. The maximum absolute atomic E-state index is 13.1. The maximum atomic E-state index is 13.1. The molecule has 0 unspecified atom stereocenters. The van der Waals surface area contributed by atoms with Gasteiger partial charge in [0.25, 0.3) is 0 Å². The van der Waals surface area contributed by atoms with Crippen LogP contribution in [0, 0.1) is 5.82 Å². The van der Waals surface area contributed by atoms with Crippen molar-refractivity contribution in [2.75, 3.05) is 6.61 Å². The van der Waals surface area contributed by atoms with Crippen molar-refractivity contribution >= 4 is 6.16 Å². The fraction of sp³-hybridized carbons (Fsp3) is 0.294. The molecule has 1 aromatic carbocycles. The quantitative estimate of drug-likeness (QED) is 0.778. The van der Waals surface area contributed by atoms with Crippen LogP contribution >= 0.6 is 0 Å². The van der Waals surface area contributed by atoms with Crippen LogP contribution in [0.2, 0.25) is 0 Å². The van der Waals surface area contributed by atoms with Crippen molar-refractivity contribution in [3.8, 4) is 16.9 Å². The highest BCUT2D eigenvalue weighted by molar-refractivity contribution is 5.75. The minimum absolute atomic E-state index is 0.0600. The summed E-state index contributed by atoms with van der Waals surface area (Å²) in [6.45, 7) is 5.83. The first-order valence-electron chi connectivity index (χ1n) is 7.12. The van der Waals surface area contributed by atoms with E-state index in [1.165, 1.54) is 12.1 Å². The number of nitrogens with zero attached hydrogens (tertiary/aromatic N) is 1. The second kappa shape index (κ2) is 7.02. The van der Waals surface area contributed by atoms with Crippen molar-refractivity contribution in [3.63, 3.8) is 0 Å². The van der Waals surface area contributed by atoms with Crippen LogP contribution in [0.25, 0.3) is 11.1 Å². The zero-order chi connectivity index (χ0) is 16.1. The largest absolute Gasteiger partial charge is 0.513 e. The van der Waals surface area contributed by atoms with Crippen molar-refractivity contribution in [2.24, 2.45) is 0 Å². The Labute approximate surface area is 128 Å². The minimum Gasteiger partial charge on any atom is -0.434 e. The van der Waals surface area contributed by atoms with Gasteiger partial charge in [0.2, 0.25) is 0 Å². The van der Waals surface area contributed by atoms with Gasteiger partial charge in [-0.15, -0.1) is 0 Å². The second-order valence-electron chi connectivity index (χ2n) is 5.02. The highest BCUT2D eigenvalue weighted by atomic mass is 19.1. The molecule has 4 nitrogen and oxygen atoms in total. The molecule has 1 heterocycles. The number of rotatable bonds is 4. The van der Waals surface area contributed by atoms with E-state index in [1.807, 2.05) is 13.8 Å². The molecule has 0 radical (unpaired) electrons. The molecule has 2 aromatic rings. The van der Waals surface area contributed by atoms with Crippen molar-refractivity contribution < 1.29 is 18.7 Å². The van der Waals surface area contributed by atoms with Gasteiger partial charge in [0, 0.05) is 11.8 Å². The smallest absolute Gasteiger partial charge is 0.434 e. The lowest BCUT2D eigenvalue weighted by molar-refractivity contribution is 0.104. The number of hydrogen-bond donors (Lipinski definition) is 0. The predicted molar refractivity (Wildman–Crippen MR) is 81.4 cm³/mol. The molecule has 0 aliphatic heterocycles. The lowest BCUT2D eigenvalue weighted by Crippen LogP contribution is -2.13. The van der Waals surface area contributed by atoms with Gasteiger partial charge in [-0.05, 0) is 36.6 Å². The molecule has 0 saturated heterocycles. The number of benzene rings is 1. The Balaban J connectivity index is 2.50. The minimum atomic E-state index is -0.777. The molecule has 0 bridgehead atoms. The number of carbonyl (C=O) groups excluding carboxylic acids is 1. The normalized spacial score (nSPS) is 10.6. The first-order valence-corrected chi connectivity index (χ1v) is 7.12. The van der Waals surface area contributed by atoms with Gasteiger partial charge in [-0.2, -0.15) is 0 Å². The summed E-state index contributed by atoms with van der Waals surface area (Å²) in [5, 5.41) is 0. The van der Waals surface area contributed by atoms with Crippen molar-refractivity contribution in [1.29, 1.82) is 0 Å². The van der Waals surface area contributed by atoms with Crippen LogP contribution in [0.5, 0.6) is 5.75 Å². The third-order valence-corrected chi connectivity index (χ3v) is 3.08. The third-order valence-electron chi connectivity index (χ3n) is 3.08. The van der Waals surface area contributed by atoms with Gasteiger partial charge in [-0.25, -0.2) is 9.18 Å². The molecular formula is C17H18FNO3. The summed E-state index contributed by atoms with van der Waals surface area (Å²) in [7, 11) is 0. The molecule has 22 heavy (non-hydrogen) atoms. The van der Waals surface area contributed by atoms with Crippen LogP contribution in [0.4, 0.5) is 9.18 Å². The Morgan fingerprint density at radius 2 is 1.91 bits per heavy atom. The number of halogens is 1. The van der Waals surface area contributed by atoms with E-state index < -0.39 is 6.16 Å². The van der Waals surface area contributed by atoms with Crippen molar-refractivity contribution in [2.45, 2.75) is 26.7 Å². The van der Waals surface area contributed by atoms with Gasteiger partial charge >= 0.3 is 6.16 Å². The Hall–Kier alpha value is -2.43. The molecule has 0 atom stereocenters. The van der Waals surface area contributed by atoms with E-state index in [2.05, 4.69) is 4.98 Å². The summed E-state index contributed by atoms with van der Waals surface area (Å²) < 4.78 is 23.3. The standard InChI is InChI=1S/C17H18FNO3/c1-4-21-17(20)22-16-14(9-10-19-15(16)11(2)3)12-5-7-13(18)8-6-12/h5-11H,4H2,1-3H3. The topological polar surface area (TPSA) is 48.4 Å². The molecule has 0 amide bonds. The third kappa shape index (κ3) is 3.61. The molecule has 5 heteroatoms. The lowest BCUT2D eigenvalue weighted by Gasteiger charge is -2.15. The zero-order valence-electron chi connectivity index (χ0n) is 12.8. The number of hydrogen-bond acceptors (Lipinski definition) is 4. The molecule has 2 rings (SSSR count). The Morgan fingerprint density at radius 3 is 2.50 bits per heavy atom. The van der Waals surface area contributed by atoms with Gasteiger partial charge < -0.3 is 9.47 Å². The fourth-order valence-corrected chi connectivity index (χ4v) is 2.07. The molecule has 0 N–H and O–H groups in total. The summed E-state index contributed by atoms with van der Waals surface area (Å²) in [6, 6.07) is 7.71. The molecule has 0 fully saturated rings. The van der Waals surface area contributed by atoms with E-state index in [0.29, 0.717) is 17.0 Å². The first kappa shape index (κ1) is 15.9. The van der Waals surface area contributed by atoms with Gasteiger partial charge in [-0.1, -0.05) is 26.0 Å². The molecule has 116 valence electrons. The maximum Gasteiger partial charge on any atom is 0.513 e. The summed E-state index contributed by atoms with van der Waals surface area (Å²) in [5.41, 5.74) is 2.06. The van der Waals surface area contributed by atoms with Crippen LogP contribution in [-0.4, -0.2) is 17.7 Å². The summed E-state index contributed by atoms with van der Waals surface area (Å²) >= 11 is 0. The predicted octanol–water partition coefficient (Wildman–Crippen LogP) is 4.55. The summed E-state index contributed by atoms with van der Waals surface area (Å²) in [6.07, 6.45) is 0.868. The van der Waals surface area contributed by atoms with E-state index in [0.717, 1.165) is 5.56 Å². The van der Waals surface area contributed by atoms with Crippen LogP contribution in [0.1, 0.15) is 32.4 Å². The summed E-state index contributed by atoms with van der Waals surface area (Å²) in [4.78, 5) is 16.0. The number of aromatic nitrogens is 1. The van der Waals surface area contributed by atoms with Crippen molar-refractivity contribution in [1.82, 2.24) is 4.98 Å². The van der Waals surface area contributed by atoms with Gasteiger partial charge in [0.15, 0.2) is 5.75 Å². The second-order valence-corrected chi connectivity index (χ2v) is 5.02. The molecule has 0 spiro atoms. The van der Waals surface area contributed by atoms with E-state index in [1.54, 1.807) is 31.3 Å². The van der Waals surface area contributed by atoms with Crippen LogP contribution < -0.4 is 4.74 Å². The van der Waals surface area contributed by atoms with E-state index in [9.17, 15) is 9.18 Å². The first-order chi connectivity index (χ1) is 10.5. The monoisotopic (exact) mass is 303 g/mol. The van der Waals surface area contributed by atoms with E-state index in [-0.39, 0.29) is 18.3 Å². The average molecular weight is 303 g/mol. The lowest BCUT2D eigenvalue weighted by atomic mass is 10.0. The zero-order valence-corrected chi connectivity index (χ0v) is 12.8. The molecule has 1 aromatic heterocycles. The van der Waals surface area contributed by atoms with Crippen LogP contribution in [0.3, 0.4) is 0 Å². The molecule has 0 aliphatic rings. The van der Waals surface area contributed by atoms with Crippen molar-refractivity contribution in [3.05, 3.63) is 48.0 Å². The van der Waals surface area contributed by atoms with Crippen LogP contribution in [-0.2, 0) is 4.74 Å². The number of carbonyl (C=O) groups is 1. The van der Waals surface area contributed by atoms with Gasteiger partial charge in [0.05, 0.1) is 12.3 Å². The Morgan fingerprint density at radius 1 is 1.23 bits per heavy atom. The molecule has 0 saturated carbocycles. The van der Waals surface area contributed by atoms with Gasteiger partial charge in [0.1, 0.15) is 5.82 Å². The van der Waals surface area contributed by atoms with E-state index >= 15 is 0 Å². The Kier molecular flexibility index (Phi) is 5.09. The highest BCUT2D eigenvalue weighted by Gasteiger charge is 2.19. The summed E-state index contributed by atoms with van der Waals surface area (Å²) in [5.74, 6) is 0.0853. The fourth-order valence-electron chi connectivity index (χ4n) is 2.07.